The van der Waals surface area contributed by atoms with Gasteiger partial charge in [-0.15, -0.1) is 0 Å². The highest BCUT2D eigenvalue weighted by Gasteiger charge is 2.12. The van der Waals surface area contributed by atoms with Crippen LogP contribution in [-0.4, -0.2) is 50.3 Å². The van der Waals surface area contributed by atoms with E-state index in [9.17, 15) is 5.11 Å². The van der Waals surface area contributed by atoms with Gasteiger partial charge in [-0.2, -0.15) is 0 Å². The number of hydrogen-bond donors (Lipinski definition) is 2. The first kappa shape index (κ1) is 20.0. The van der Waals surface area contributed by atoms with Crippen molar-refractivity contribution in [3.63, 3.8) is 0 Å². The highest BCUT2D eigenvalue weighted by Crippen LogP contribution is 2.29. The Morgan fingerprint density at radius 2 is 1.93 bits per heavy atom. The van der Waals surface area contributed by atoms with Gasteiger partial charge in [0.1, 0.15) is 18.5 Å². The standard InChI is InChI=1S/C21H26N2O5/c1-14-21-18(5-4-6-19(21)28-23-14)27-13-16(24)12-22-10-9-15-7-8-17(25-2)20(11-15)26-3/h4-8,11,16,22,24H,9-10,12-13H2,1-3H3. The van der Waals surface area contributed by atoms with E-state index in [2.05, 4.69) is 10.5 Å². The lowest BCUT2D eigenvalue weighted by Gasteiger charge is -2.14. The van der Waals surface area contributed by atoms with Gasteiger partial charge >= 0.3 is 0 Å². The molecule has 1 unspecified atom stereocenters. The maximum atomic E-state index is 10.2. The Morgan fingerprint density at radius 1 is 1.11 bits per heavy atom. The molecule has 0 saturated heterocycles. The molecule has 2 aromatic carbocycles. The van der Waals surface area contributed by atoms with Crippen LogP contribution in [0.3, 0.4) is 0 Å². The SMILES string of the molecule is COc1ccc(CCNCC(O)COc2cccc3onc(C)c23)cc1OC. The summed E-state index contributed by atoms with van der Waals surface area (Å²) in [5, 5.41) is 18.2. The molecule has 150 valence electrons. The van der Waals surface area contributed by atoms with Crippen LogP contribution in [0.5, 0.6) is 17.2 Å². The van der Waals surface area contributed by atoms with E-state index in [1.807, 2.05) is 43.3 Å². The van der Waals surface area contributed by atoms with Crippen LogP contribution in [-0.2, 0) is 6.42 Å². The normalized spacial score (nSPS) is 12.1. The van der Waals surface area contributed by atoms with Crippen LogP contribution < -0.4 is 19.5 Å². The van der Waals surface area contributed by atoms with Gasteiger partial charge in [-0.3, -0.25) is 0 Å². The van der Waals surface area contributed by atoms with Crippen LogP contribution in [0.25, 0.3) is 11.0 Å². The maximum Gasteiger partial charge on any atom is 0.170 e. The predicted octanol–water partition coefficient (Wildman–Crippen LogP) is 2.73. The summed E-state index contributed by atoms with van der Waals surface area (Å²) in [5.41, 5.74) is 2.58. The van der Waals surface area contributed by atoms with Gasteiger partial charge in [0.25, 0.3) is 0 Å². The predicted molar refractivity (Wildman–Crippen MR) is 106 cm³/mol. The molecule has 1 atom stereocenters. The fraction of sp³-hybridized carbons (Fsp3) is 0.381. The molecule has 3 aromatic rings. The van der Waals surface area contributed by atoms with Crippen molar-refractivity contribution in [3.05, 3.63) is 47.7 Å². The zero-order chi connectivity index (χ0) is 19.9. The molecule has 2 N–H and O–H groups in total. The van der Waals surface area contributed by atoms with Crippen molar-refractivity contribution in [3.8, 4) is 17.2 Å². The smallest absolute Gasteiger partial charge is 0.170 e. The number of aliphatic hydroxyl groups excluding tert-OH is 1. The molecule has 1 aromatic heterocycles. The van der Waals surface area contributed by atoms with E-state index in [0.29, 0.717) is 29.4 Å². The number of ether oxygens (including phenoxy) is 3. The molecule has 1 heterocycles. The Balaban J connectivity index is 1.43. The van der Waals surface area contributed by atoms with Gasteiger partial charge in [0, 0.05) is 6.54 Å². The molecule has 0 saturated carbocycles. The summed E-state index contributed by atoms with van der Waals surface area (Å²) in [7, 11) is 3.24. The second-order valence-corrected chi connectivity index (χ2v) is 6.51. The molecule has 3 rings (SSSR count). The van der Waals surface area contributed by atoms with Gasteiger partial charge in [0.15, 0.2) is 17.1 Å². The monoisotopic (exact) mass is 386 g/mol. The molecule has 0 aliphatic heterocycles. The minimum atomic E-state index is -0.624. The van der Waals surface area contributed by atoms with Crippen molar-refractivity contribution in [2.45, 2.75) is 19.4 Å². The second kappa shape index (κ2) is 9.43. The number of aromatic nitrogens is 1. The zero-order valence-electron chi connectivity index (χ0n) is 16.4. The van der Waals surface area contributed by atoms with E-state index in [0.717, 1.165) is 29.6 Å². The lowest BCUT2D eigenvalue weighted by molar-refractivity contribution is 0.107. The van der Waals surface area contributed by atoms with Crippen LogP contribution in [0, 0.1) is 6.92 Å². The Hall–Kier alpha value is -2.77. The third-order valence-electron chi connectivity index (χ3n) is 4.48. The number of benzene rings is 2. The largest absolute Gasteiger partial charge is 0.493 e. The van der Waals surface area contributed by atoms with Crippen LogP contribution in [0.15, 0.2) is 40.9 Å². The number of rotatable bonds is 10. The van der Waals surface area contributed by atoms with Crippen molar-refractivity contribution >= 4 is 11.0 Å². The maximum absolute atomic E-state index is 10.2. The Morgan fingerprint density at radius 3 is 2.71 bits per heavy atom. The van der Waals surface area contributed by atoms with Crippen LogP contribution >= 0.6 is 0 Å². The van der Waals surface area contributed by atoms with E-state index >= 15 is 0 Å². The summed E-state index contributed by atoms with van der Waals surface area (Å²) >= 11 is 0. The van der Waals surface area contributed by atoms with Crippen molar-refractivity contribution < 1.29 is 23.8 Å². The Bertz CT molecular complexity index is 909. The molecule has 28 heavy (non-hydrogen) atoms. The highest BCUT2D eigenvalue weighted by atomic mass is 16.5. The lowest BCUT2D eigenvalue weighted by atomic mass is 10.1. The molecular weight excluding hydrogens is 360 g/mol. The summed E-state index contributed by atoms with van der Waals surface area (Å²) < 4.78 is 21.6. The van der Waals surface area contributed by atoms with Crippen molar-refractivity contribution in [2.24, 2.45) is 0 Å². The summed E-state index contributed by atoms with van der Waals surface area (Å²) in [4.78, 5) is 0. The summed E-state index contributed by atoms with van der Waals surface area (Å²) in [6.07, 6.45) is 0.188. The fourth-order valence-electron chi connectivity index (χ4n) is 3.01. The zero-order valence-corrected chi connectivity index (χ0v) is 16.4. The van der Waals surface area contributed by atoms with Gasteiger partial charge in [-0.25, -0.2) is 0 Å². The molecule has 7 heteroatoms. The van der Waals surface area contributed by atoms with Crippen molar-refractivity contribution in [1.82, 2.24) is 10.5 Å². The van der Waals surface area contributed by atoms with Gasteiger partial charge < -0.3 is 29.2 Å². The molecule has 0 spiro atoms. The topological polar surface area (TPSA) is 86.0 Å². The number of methoxy groups -OCH3 is 2. The van der Waals surface area contributed by atoms with E-state index in [4.69, 9.17) is 18.7 Å². The molecule has 0 fully saturated rings. The first-order valence-electron chi connectivity index (χ1n) is 9.20. The Kier molecular flexibility index (Phi) is 6.73. The third-order valence-corrected chi connectivity index (χ3v) is 4.48. The summed E-state index contributed by atoms with van der Waals surface area (Å²) in [6.45, 7) is 3.22. The van der Waals surface area contributed by atoms with Gasteiger partial charge in [0.05, 0.1) is 25.3 Å². The number of nitrogens with one attached hydrogen (secondary N) is 1. The number of aryl methyl sites for hydroxylation is 1. The average molecular weight is 386 g/mol. The fourth-order valence-corrected chi connectivity index (χ4v) is 3.01. The van der Waals surface area contributed by atoms with Gasteiger partial charge in [0.2, 0.25) is 0 Å². The summed E-state index contributed by atoms with van der Waals surface area (Å²) in [6, 6.07) is 11.4. The minimum absolute atomic E-state index is 0.188. The first-order chi connectivity index (χ1) is 13.6. The van der Waals surface area contributed by atoms with Crippen molar-refractivity contribution in [2.75, 3.05) is 33.9 Å². The molecule has 0 aliphatic carbocycles. The highest BCUT2D eigenvalue weighted by molar-refractivity contribution is 5.85. The van der Waals surface area contributed by atoms with Crippen LogP contribution in [0.4, 0.5) is 0 Å². The van der Waals surface area contributed by atoms with Crippen LogP contribution in [0.1, 0.15) is 11.3 Å². The molecule has 0 bridgehead atoms. The molecule has 0 aliphatic rings. The molecule has 0 amide bonds. The number of aliphatic hydroxyl groups is 1. The quantitative estimate of drug-likeness (QED) is 0.518. The van der Waals surface area contributed by atoms with E-state index in [1.54, 1.807) is 14.2 Å². The molecule has 0 radical (unpaired) electrons. The first-order valence-corrected chi connectivity index (χ1v) is 9.20. The lowest BCUT2D eigenvalue weighted by Crippen LogP contribution is -2.32. The number of nitrogens with zero attached hydrogens (tertiary/aromatic N) is 1. The van der Waals surface area contributed by atoms with Gasteiger partial charge in [-0.05, 0) is 49.7 Å². The Labute approximate surface area is 164 Å². The third kappa shape index (κ3) is 4.74. The molecular formula is C21H26N2O5. The summed E-state index contributed by atoms with van der Waals surface area (Å²) in [5.74, 6) is 2.09. The van der Waals surface area contributed by atoms with E-state index in [1.165, 1.54) is 0 Å². The molecule has 7 nitrogen and oxygen atoms in total. The van der Waals surface area contributed by atoms with E-state index < -0.39 is 6.10 Å². The van der Waals surface area contributed by atoms with Crippen molar-refractivity contribution in [1.29, 1.82) is 0 Å². The number of hydrogen-bond acceptors (Lipinski definition) is 7. The van der Waals surface area contributed by atoms with Gasteiger partial charge in [-0.1, -0.05) is 17.3 Å². The minimum Gasteiger partial charge on any atom is -0.493 e. The average Bonchev–Trinajstić information content (AvgIpc) is 3.11. The van der Waals surface area contributed by atoms with Crippen LogP contribution in [0.2, 0.25) is 0 Å². The van der Waals surface area contributed by atoms with E-state index in [-0.39, 0.29) is 6.61 Å². The number of fused-ring (bicyclic) bond motifs is 1. The second-order valence-electron chi connectivity index (χ2n) is 6.51.